The van der Waals surface area contributed by atoms with Crippen molar-refractivity contribution in [2.45, 2.75) is 39.8 Å². The Kier molecular flexibility index (Phi) is 6.40. The van der Waals surface area contributed by atoms with Gasteiger partial charge in [-0.3, -0.25) is 4.90 Å². The Morgan fingerprint density at radius 1 is 0.903 bits per heavy atom. The third-order valence-electron chi connectivity index (χ3n) is 5.86. The van der Waals surface area contributed by atoms with E-state index in [-0.39, 0.29) is 12.0 Å². The predicted molar refractivity (Wildman–Crippen MR) is 125 cm³/mol. The fourth-order valence-corrected chi connectivity index (χ4v) is 4.06. The van der Waals surface area contributed by atoms with Crippen LogP contribution in [0.15, 0.2) is 72.8 Å². The second kappa shape index (κ2) is 9.21. The van der Waals surface area contributed by atoms with Gasteiger partial charge in [-0.15, -0.1) is 5.06 Å². The molecule has 1 saturated heterocycles. The molecule has 0 N–H and O–H groups in total. The summed E-state index contributed by atoms with van der Waals surface area (Å²) in [7, 11) is 0. The number of nitrogens with zero attached hydrogens (tertiary/aromatic N) is 2. The monoisotopic (exact) mass is 416 g/mol. The zero-order chi connectivity index (χ0) is 21.8. The molecule has 1 heterocycles. The molecule has 3 aromatic carbocycles. The molecule has 0 saturated carbocycles. The maximum atomic E-state index is 12.6. The Bertz CT molecular complexity index is 1030. The molecule has 4 rings (SSSR count). The van der Waals surface area contributed by atoms with Crippen LogP contribution in [-0.4, -0.2) is 41.6 Å². The zero-order valence-corrected chi connectivity index (χ0v) is 18.8. The highest BCUT2D eigenvalue weighted by Gasteiger charge is 2.33. The second-order valence-electron chi connectivity index (χ2n) is 9.53. The Hall–Kier alpha value is -2.69. The van der Waals surface area contributed by atoms with Crippen LogP contribution in [0.2, 0.25) is 0 Å². The van der Waals surface area contributed by atoms with Crippen LogP contribution in [0.5, 0.6) is 0 Å². The molecule has 3 aromatic rings. The molecule has 0 bridgehead atoms. The molecule has 1 aliphatic rings. The quantitative estimate of drug-likeness (QED) is 0.581. The van der Waals surface area contributed by atoms with Gasteiger partial charge in [-0.1, -0.05) is 72.8 Å². The standard InChI is InChI=1S/C27H32N2O2/c1-27(2,3)26(30)31-29-16-15-28(19-21-9-5-4-6-10-21)20-25(29)18-22-13-14-23-11-7-8-12-24(23)17-22/h4-14,17,25H,15-16,18-20H2,1-3H3. The minimum absolute atomic E-state index is 0.116. The zero-order valence-electron chi connectivity index (χ0n) is 18.8. The van der Waals surface area contributed by atoms with Crippen molar-refractivity contribution in [1.82, 2.24) is 9.96 Å². The van der Waals surface area contributed by atoms with Gasteiger partial charge in [0.15, 0.2) is 0 Å². The van der Waals surface area contributed by atoms with E-state index in [1.807, 2.05) is 25.8 Å². The first kappa shape index (κ1) is 21.5. The Balaban J connectivity index is 1.52. The number of rotatable bonds is 5. The fourth-order valence-electron chi connectivity index (χ4n) is 4.06. The number of hydrogen-bond donors (Lipinski definition) is 0. The number of hydroxylamine groups is 2. The lowest BCUT2D eigenvalue weighted by atomic mass is 9.97. The molecule has 31 heavy (non-hydrogen) atoms. The third-order valence-corrected chi connectivity index (χ3v) is 5.86. The van der Waals surface area contributed by atoms with Crippen LogP contribution in [0.3, 0.4) is 0 Å². The Morgan fingerprint density at radius 3 is 2.35 bits per heavy atom. The van der Waals surface area contributed by atoms with Crippen LogP contribution < -0.4 is 0 Å². The van der Waals surface area contributed by atoms with Gasteiger partial charge >= 0.3 is 5.97 Å². The van der Waals surface area contributed by atoms with Gasteiger partial charge in [0.25, 0.3) is 0 Å². The van der Waals surface area contributed by atoms with Crippen LogP contribution in [0, 0.1) is 5.41 Å². The van der Waals surface area contributed by atoms with Crippen molar-refractivity contribution in [2.24, 2.45) is 5.41 Å². The lowest BCUT2D eigenvalue weighted by Gasteiger charge is -2.40. The molecular weight excluding hydrogens is 384 g/mol. The molecule has 4 heteroatoms. The maximum absolute atomic E-state index is 12.6. The van der Waals surface area contributed by atoms with Crippen molar-refractivity contribution >= 4 is 16.7 Å². The molecule has 1 atom stereocenters. The predicted octanol–water partition coefficient (Wildman–Crippen LogP) is 5.07. The molecule has 1 unspecified atom stereocenters. The number of fused-ring (bicyclic) bond motifs is 1. The largest absolute Gasteiger partial charge is 0.367 e. The topological polar surface area (TPSA) is 32.8 Å². The van der Waals surface area contributed by atoms with Crippen molar-refractivity contribution in [3.8, 4) is 0 Å². The molecule has 1 aliphatic heterocycles. The number of benzene rings is 3. The molecule has 0 aromatic heterocycles. The van der Waals surface area contributed by atoms with Gasteiger partial charge in [0.05, 0.1) is 11.5 Å². The van der Waals surface area contributed by atoms with E-state index >= 15 is 0 Å². The first-order valence-corrected chi connectivity index (χ1v) is 11.1. The second-order valence-corrected chi connectivity index (χ2v) is 9.53. The normalized spacial score (nSPS) is 18.2. The number of carbonyl (C=O) groups excluding carboxylic acids is 1. The summed E-state index contributed by atoms with van der Waals surface area (Å²) in [4.78, 5) is 21.0. The molecule has 4 nitrogen and oxygen atoms in total. The van der Waals surface area contributed by atoms with Gasteiger partial charge in [-0.2, -0.15) is 0 Å². The lowest BCUT2D eigenvalue weighted by Crippen LogP contribution is -2.54. The first-order valence-electron chi connectivity index (χ1n) is 11.1. The number of hydrogen-bond acceptors (Lipinski definition) is 4. The summed E-state index contributed by atoms with van der Waals surface area (Å²) >= 11 is 0. The van der Waals surface area contributed by atoms with E-state index in [1.165, 1.54) is 21.9 Å². The molecule has 162 valence electrons. The van der Waals surface area contributed by atoms with Crippen LogP contribution >= 0.6 is 0 Å². The molecule has 0 spiro atoms. The Labute approximate surface area is 185 Å². The number of piperazine rings is 1. The van der Waals surface area contributed by atoms with E-state index in [4.69, 9.17) is 4.84 Å². The summed E-state index contributed by atoms with van der Waals surface area (Å²) in [5, 5.41) is 4.41. The van der Waals surface area contributed by atoms with Crippen LogP contribution in [-0.2, 0) is 22.6 Å². The van der Waals surface area contributed by atoms with Gasteiger partial charge in [0, 0.05) is 26.2 Å². The molecule has 0 aliphatic carbocycles. The molecular formula is C27H32N2O2. The highest BCUT2D eigenvalue weighted by Crippen LogP contribution is 2.23. The van der Waals surface area contributed by atoms with Crippen molar-refractivity contribution in [3.63, 3.8) is 0 Å². The third kappa shape index (κ3) is 5.52. The van der Waals surface area contributed by atoms with E-state index in [9.17, 15) is 4.79 Å². The average Bonchev–Trinajstić information content (AvgIpc) is 2.75. The van der Waals surface area contributed by atoms with Crippen molar-refractivity contribution in [2.75, 3.05) is 19.6 Å². The number of carbonyl (C=O) groups is 1. The average molecular weight is 417 g/mol. The summed E-state index contributed by atoms with van der Waals surface area (Å²) in [6, 6.07) is 25.8. The van der Waals surface area contributed by atoms with E-state index in [0.29, 0.717) is 6.54 Å². The van der Waals surface area contributed by atoms with Gasteiger partial charge < -0.3 is 4.84 Å². The van der Waals surface area contributed by atoms with Gasteiger partial charge in [0.2, 0.25) is 0 Å². The minimum atomic E-state index is -0.519. The van der Waals surface area contributed by atoms with Gasteiger partial charge in [-0.25, -0.2) is 4.79 Å². The van der Waals surface area contributed by atoms with E-state index in [2.05, 4.69) is 77.7 Å². The van der Waals surface area contributed by atoms with Crippen molar-refractivity contribution in [1.29, 1.82) is 0 Å². The molecule has 0 radical (unpaired) electrons. The Morgan fingerprint density at radius 2 is 1.61 bits per heavy atom. The summed E-state index contributed by atoms with van der Waals surface area (Å²) in [5.41, 5.74) is 2.06. The highest BCUT2D eigenvalue weighted by molar-refractivity contribution is 5.83. The first-order chi connectivity index (χ1) is 14.9. The van der Waals surface area contributed by atoms with Gasteiger partial charge in [-0.05, 0) is 49.1 Å². The SMILES string of the molecule is CC(C)(C)C(=O)ON1CCN(Cc2ccccc2)CC1Cc1ccc2ccccc2c1. The lowest BCUT2D eigenvalue weighted by molar-refractivity contribution is -0.221. The summed E-state index contributed by atoms with van der Waals surface area (Å²) in [6.45, 7) is 9.07. The summed E-state index contributed by atoms with van der Waals surface area (Å²) in [6.07, 6.45) is 0.841. The van der Waals surface area contributed by atoms with E-state index in [0.717, 1.165) is 26.1 Å². The van der Waals surface area contributed by atoms with Crippen molar-refractivity contribution < 1.29 is 9.63 Å². The highest BCUT2D eigenvalue weighted by atomic mass is 16.7. The van der Waals surface area contributed by atoms with Gasteiger partial charge in [0.1, 0.15) is 0 Å². The smallest absolute Gasteiger partial charge is 0.330 e. The molecule has 1 fully saturated rings. The van der Waals surface area contributed by atoms with E-state index < -0.39 is 5.41 Å². The minimum Gasteiger partial charge on any atom is -0.367 e. The van der Waals surface area contributed by atoms with Crippen LogP contribution in [0.25, 0.3) is 10.8 Å². The van der Waals surface area contributed by atoms with E-state index in [1.54, 1.807) is 0 Å². The van der Waals surface area contributed by atoms with Crippen molar-refractivity contribution in [3.05, 3.63) is 83.9 Å². The summed E-state index contributed by atoms with van der Waals surface area (Å²) in [5.74, 6) is -0.174. The fraction of sp³-hybridized carbons (Fsp3) is 0.370. The van der Waals surface area contributed by atoms with Crippen LogP contribution in [0.4, 0.5) is 0 Å². The molecule has 0 amide bonds. The van der Waals surface area contributed by atoms with Crippen LogP contribution in [0.1, 0.15) is 31.9 Å². The maximum Gasteiger partial charge on any atom is 0.330 e. The summed E-state index contributed by atoms with van der Waals surface area (Å²) < 4.78 is 0.